The summed E-state index contributed by atoms with van der Waals surface area (Å²) in [6, 6.07) is 2.51. The number of nitrogens with one attached hydrogen (secondary N) is 2. The predicted octanol–water partition coefficient (Wildman–Crippen LogP) is 2.16. The lowest BCUT2D eigenvalue weighted by atomic mass is 9.86. The number of hydrogen-bond donors (Lipinski definition) is 2. The second-order valence-corrected chi connectivity index (χ2v) is 8.63. The standard InChI is InChI=1S/C21H27F2N5O2/c1-21(2,3)17(20(30)24-4)26-19(29)16-15-11-27(5)8-9-28(15)18(25-16)13-7-6-12(22)10-14(13)23/h6-7,10,17H,8-9,11H2,1-5H3,(H,24,30)(H,26,29). The third-order valence-electron chi connectivity index (χ3n) is 5.23. The topological polar surface area (TPSA) is 79.3 Å². The summed E-state index contributed by atoms with van der Waals surface area (Å²) in [6.07, 6.45) is 0. The molecule has 0 spiro atoms. The number of nitrogens with zero attached hydrogens (tertiary/aromatic N) is 3. The number of benzene rings is 1. The van der Waals surface area contributed by atoms with Gasteiger partial charge in [-0.25, -0.2) is 13.8 Å². The first-order valence-electron chi connectivity index (χ1n) is 9.78. The van der Waals surface area contributed by atoms with Crippen molar-refractivity contribution in [1.82, 2.24) is 25.1 Å². The third kappa shape index (κ3) is 4.21. The molecule has 1 aromatic carbocycles. The molecule has 2 heterocycles. The highest BCUT2D eigenvalue weighted by Crippen LogP contribution is 2.29. The number of aromatic nitrogens is 2. The van der Waals surface area contributed by atoms with Gasteiger partial charge in [-0.15, -0.1) is 0 Å². The average molecular weight is 419 g/mol. The second-order valence-electron chi connectivity index (χ2n) is 8.63. The fraction of sp³-hybridized carbons (Fsp3) is 0.476. The molecule has 3 rings (SSSR count). The van der Waals surface area contributed by atoms with E-state index in [0.29, 0.717) is 25.3 Å². The van der Waals surface area contributed by atoms with Gasteiger partial charge in [0.05, 0.1) is 11.3 Å². The molecule has 2 amide bonds. The van der Waals surface area contributed by atoms with Crippen LogP contribution in [0.15, 0.2) is 18.2 Å². The number of likely N-dealkylation sites (N-methyl/N-ethyl adjacent to an activating group) is 2. The summed E-state index contributed by atoms with van der Waals surface area (Å²) in [6.45, 7) is 7.20. The van der Waals surface area contributed by atoms with Crippen LogP contribution in [0.25, 0.3) is 11.4 Å². The first kappa shape index (κ1) is 21.9. The number of hydrogen-bond acceptors (Lipinski definition) is 4. The SMILES string of the molecule is CNC(=O)C(NC(=O)c1nc(-c2ccc(F)cc2F)n2c1CN(C)CC2)C(C)(C)C. The van der Waals surface area contributed by atoms with E-state index in [1.54, 1.807) is 4.57 Å². The van der Waals surface area contributed by atoms with Crippen molar-refractivity contribution in [2.24, 2.45) is 5.41 Å². The Bertz CT molecular complexity index is 981. The maximum atomic E-state index is 14.5. The first-order valence-corrected chi connectivity index (χ1v) is 9.78. The van der Waals surface area contributed by atoms with Crippen molar-refractivity contribution < 1.29 is 18.4 Å². The van der Waals surface area contributed by atoms with E-state index in [0.717, 1.165) is 12.1 Å². The molecule has 1 aliphatic heterocycles. The van der Waals surface area contributed by atoms with Crippen LogP contribution in [0.3, 0.4) is 0 Å². The van der Waals surface area contributed by atoms with E-state index in [2.05, 4.69) is 15.6 Å². The van der Waals surface area contributed by atoms with Gasteiger partial charge in [-0.05, 0) is 24.6 Å². The fourth-order valence-electron chi connectivity index (χ4n) is 3.57. The molecule has 0 saturated heterocycles. The van der Waals surface area contributed by atoms with E-state index in [-0.39, 0.29) is 23.0 Å². The number of rotatable bonds is 4. The van der Waals surface area contributed by atoms with Crippen LogP contribution in [0, 0.1) is 17.0 Å². The summed E-state index contributed by atoms with van der Waals surface area (Å²) in [7, 11) is 3.43. The lowest BCUT2D eigenvalue weighted by molar-refractivity contribution is -0.124. The van der Waals surface area contributed by atoms with Gasteiger partial charge in [-0.3, -0.25) is 14.5 Å². The largest absolute Gasteiger partial charge is 0.357 e. The van der Waals surface area contributed by atoms with Crippen molar-refractivity contribution in [3.8, 4) is 11.4 Å². The van der Waals surface area contributed by atoms with E-state index >= 15 is 0 Å². The Morgan fingerprint density at radius 1 is 1.20 bits per heavy atom. The van der Waals surface area contributed by atoms with E-state index in [4.69, 9.17) is 0 Å². The molecular formula is C21H27F2N5O2. The van der Waals surface area contributed by atoms with Crippen molar-refractivity contribution in [3.63, 3.8) is 0 Å². The molecule has 1 unspecified atom stereocenters. The monoisotopic (exact) mass is 419 g/mol. The smallest absolute Gasteiger partial charge is 0.272 e. The molecule has 1 aromatic heterocycles. The zero-order valence-corrected chi connectivity index (χ0v) is 17.8. The van der Waals surface area contributed by atoms with Crippen LogP contribution in [-0.4, -0.2) is 52.9 Å². The van der Waals surface area contributed by atoms with Gasteiger partial charge in [0.25, 0.3) is 5.91 Å². The summed E-state index contributed by atoms with van der Waals surface area (Å²) in [5.74, 6) is -1.98. The highest BCUT2D eigenvalue weighted by Gasteiger charge is 2.35. The van der Waals surface area contributed by atoms with Crippen molar-refractivity contribution in [3.05, 3.63) is 41.2 Å². The molecule has 30 heavy (non-hydrogen) atoms. The molecule has 162 valence electrons. The molecule has 7 nitrogen and oxygen atoms in total. The Balaban J connectivity index is 2.05. The number of halogens is 2. The fourth-order valence-corrected chi connectivity index (χ4v) is 3.57. The van der Waals surface area contributed by atoms with Crippen molar-refractivity contribution in [2.75, 3.05) is 20.6 Å². The molecule has 9 heteroatoms. The summed E-state index contributed by atoms with van der Waals surface area (Å²) in [5, 5.41) is 5.35. The van der Waals surface area contributed by atoms with Gasteiger partial charge in [-0.1, -0.05) is 20.8 Å². The molecule has 0 aliphatic carbocycles. The lowest BCUT2D eigenvalue weighted by Gasteiger charge is -2.30. The Morgan fingerprint density at radius 3 is 2.50 bits per heavy atom. The highest BCUT2D eigenvalue weighted by atomic mass is 19.1. The third-order valence-corrected chi connectivity index (χ3v) is 5.23. The van der Waals surface area contributed by atoms with E-state index < -0.39 is 29.0 Å². The quantitative estimate of drug-likeness (QED) is 0.796. The average Bonchev–Trinajstić information content (AvgIpc) is 3.03. The maximum absolute atomic E-state index is 14.5. The number of carbonyl (C=O) groups excluding carboxylic acids is 2. The van der Waals surface area contributed by atoms with Crippen LogP contribution in [0.1, 0.15) is 37.0 Å². The molecule has 0 fully saturated rings. The maximum Gasteiger partial charge on any atom is 0.272 e. The molecule has 1 atom stereocenters. The Hall–Kier alpha value is -2.81. The van der Waals surface area contributed by atoms with Crippen LogP contribution in [0.4, 0.5) is 8.78 Å². The molecular weight excluding hydrogens is 392 g/mol. The number of amides is 2. The first-order chi connectivity index (χ1) is 14.0. The van der Waals surface area contributed by atoms with Gasteiger partial charge in [0.1, 0.15) is 23.5 Å². The molecule has 0 bridgehead atoms. The van der Waals surface area contributed by atoms with Crippen LogP contribution in [0.5, 0.6) is 0 Å². The summed E-state index contributed by atoms with van der Waals surface area (Å²) in [5.41, 5.74) is 0.362. The van der Waals surface area contributed by atoms with Gasteiger partial charge in [-0.2, -0.15) is 0 Å². The predicted molar refractivity (Wildman–Crippen MR) is 109 cm³/mol. The Labute approximate surface area is 174 Å². The number of carbonyl (C=O) groups is 2. The van der Waals surface area contributed by atoms with Crippen LogP contribution in [-0.2, 0) is 17.9 Å². The molecule has 0 radical (unpaired) electrons. The van der Waals surface area contributed by atoms with Crippen LogP contribution < -0.4 is 10.6 Å². The zero-order valence-electron chi connectivity index (χ0n) is 17.8. The van der Waals surface area contributed by atoms with Crippen LogP contribution in [0.2, 0.25) is 0 Å². The summed E-state index contributed by atoms with van der Waals surface area (Å²) < 4.78 is 29.6. The van der Waals surface area contributed by atoms with Gasteiger partial charge in [0.15, 0.2) is 5.69 Å². The second kappa shape index (κ2) is 8.14. The highest BCUT2D eigenvalue weighted by molar-refractivity contribution is 5.97. The Morgan fingerprint density at radius 2 is 1.90 bits per heavy atom. The Kier molecular flexibility index (Phi) is 5.94. The lowest BCUT2D eigenvalue weighted by Crippen LogP contribution is -2.53. The minimum Gasteiger partial charge on any atom is -0.357 e. The summed E-state index contributed by atoms with van der Waals surface area (Å²) in [4.78, 5) is 31.9. The number of imidazole rings is 1. The van der Waals surface area contributed by atoms with E-state index in [9.17, 15) is 18.4 Å². The normalized spacial score (nSPS) is 15.4. The minimum atomic E-state index is -0.778. The molecule has 1 aliphatic rings. The number of fused-ring (bicyclic) bond motifs is 1. The van der Waals surface area contributed by atoms with E-state index in [1.165, 1.54) is 13.1 Å². The molecule has 2 N–H and O–H groups in total. The zero-order chi connectivity index (χ0) is 22.2. The molecule has 2 aromatic rings. The van der Waals surface area contributed by atoms with Crippen molar-refractivity contribution in [1.29, 1.82) is 0 Å². The van der Waals surface area contributed by atoms with Gasteiger partial charge in [0, 0.05) is 32.7 Å². The van der Waals surface area contributed by atoms with Crippen LogP contribution >= 0.6 is 0 Å². The molecule has 0 saturated carbocycles. The van der Waals surface area contributed by atoms with Crippen molar-refractivity contribution in [2.45, 2.75) is 39.9 Å². The summed E-state index contributed by atoms with van der Waals surface area (Å²) >= 11 is 0. The van der Waals surface area contributed by atoms with Gasteiger partial charge >= 0.3 is 0 Å². The minimum absolute atomic E-state index is 0.125. The van der Waals surface area contributed by atoms with E-state index in [1.807, 2.05) is 32.7 Å². The van der Waals surface area contributed by atoms with Gasteiger partial charge < -0.3 is 15.2 Å². The van der Waals surface area contributed by atoms with Crippen molar-refractivity contribution >= 4 is 11.8 Å². The van der Waals surface area contributed by atoms with Gasteiger partial charge in [0.2, 0.25) is 5.91 Å².